The fourth-order valence-electron chi connectivity index (χ4n) is 12.7. The molecule has 1 atom stereocenters. The molecule has 3 aliphatic carbocycles. The summed E-state index contributed by atoms with van der Waals surface area (Å²) in [7, 11) is 0. The molecule has 70 heavy (non-hydrogen) atoms. The molecule has 0 saturated heterocycles. The second kappa shape index (κ2) is 15.7. The number of anilines is 3. The Balaban J connectivity index is 1.00. The molecule has 2 nitrogen and oxygen atoms in total. The van der Waals surface area contributed by atoms with Gasteiger partial charge < -0.3 is 9.47 Å². The summed E-state index contributed by atoms with van der Waals surface area (Å²) in [6.07, 6.45) is 7.85. The summed E-state index contributed by atoms with van der Waals surface area (Å²) >= 11 is 0. The van der Waals surface area contributed by atoms with Crippen molar-refractivity contribution in [3.05, 3.63) is 294 Å². The highest BCUT2D eigenvalue weighted by Gasteiger charge is 2.51. The molecule has 330 valence electrons. The van der Waals surface area contributed by atoms with Crippen LogP contribution in [0, 0.1) is 0 Å². The number of aromatic nitrogens is 1. The fraction of sp³-hybridized carbons (Fsp3) is 0.0588. The van der Waals surface area contributed by atoms with Crippen molar-refractivity contribution in [3.63, 3.8) is 0 Å². The van der Waals surface area contributed by atoms with E-state index in [-0.39, 0.29) is 5.41 Å². The Labute approximate surface area is 409 Å². The quantitative estimate of drug-likeness (QED) is 0.155. The van der Waals surface area contributed by atoms with Gasteiger partial charge in [-0.2, -0.15) is 0 Å². The van der Waals surface area contributed by atoms with Gasteiger partial charge in [-0.1, -0.05) is 213 Å². The topological polar surface area (TPSA) is 8.17 Å². The zero-order chi connectivity index (χ0) is 46.4. The zero-order valence-corrected chi connectivity index (χ0v) is 38.9. The van der Waals surface area contributed by atoms with Crippen LogP contribution in [0.25, 0.3) is 66.4 Å². The Bertz CT molecular complexity index is 3830. The van der Waals surface area contributed by atoms with Crippen LogP contribution in [-0.4, -0.2) is 4.57 Å². The van der Waals surface area contributed by atoms with Crippen molar-refractivity contribution < 1.29 is 0 Å². The molecule has 0 amide bonds. The van der Waals surface area contributed by atoms with Gasteiger partial charge in [0.15, 0.2) is 0 Å². The minimum atomic E-state index is -0.475. The van der Waals surface area contributed by atoms with Gasteiger partial charge in [0.2, 0.25) is 0 Å². The molecule has 3 aliphatic rings. The number of fused-ring (bicyclic) bond motifs is 13. The van der Waals surface area contributed by atoms with Crippen LogP contribution >= 0.6 is 0 Å². The van der Waals surface area contributed by atoms with Gasteiger partial charge in [-0.25, -0.2) is 0 Å². The molecular formula is C68H48N2. The Morgan fingerprint density at radius 2 is 0.886 bits per heavy atom. The van der Waals surface area contributed by atoms with E-state index >= 15 is 0 Å². The van der Waals surface area contributed by atoms with E-state index in [2.05, 4.69) is 277 Å². The molecule has 10 aromatic carbocycles. The van der Waals surface area contributed by atoms with Gasteiger partial charge in [-0.15, -0.1) is 0 Å². The molecule has 0 N–H and O–H groups in total. The molecule has 0 radical (unpaired) electrons. The number of rotatable bonds is 7. The summed E-state index contributed by atoms with van der Waals surface area (Å²) in [5.41, 5.74) is 22.9. The maximum Gasteiger partial charge on any atom is 0.0726 e. The molecular weight excluding hydrogens is 845 g/mol. The van der Waals surface area contributed by atoms with Crippen LogP contribution in [0.3, 0.4) is 0 Å². The van der Waals surface area contributed by atoms with E-state index in [1.807, 2.05) is 0 Å². The lowest BCUT2D eigenvalue weighted by molar-refractivity contribution is 0.622. The monoisotopic (exact) mass is 892 g/mol. The van der Waals surface area contributed by atoms with Gasteiger partial charge >= 0.3 is 0 Å². The maximum absolute atomic E-state index is 2.53. The van der Waals surface area contributed by atoms with Crippen molar-refractivity contribution >= 4 is 44.4 Å². The Kier molecular flexibility index (Phi) is 9.03. The first-order chi connectivity index (χ1) is 34.6. The van der Waals surface area contributed by atoms with Crippen LogP contribution in [0.15, 0.2) is 261 Å². The largest absolute Gasteiger partial charge is 0.310 e. The molecule has 2 heteroatoms. The Morgan fingerprint density at radius 3 is 1.51 bits per heavy atom. The zero-order valence-electron chi connectivity index (χ0n) is 38.9. The van der Waals surface area contributed by atoms with Crippen LogP contribution in [0.4, 0.5) is 17.1 Å². The van der Waals surface area contributed by atoms with Crippen LogP contribution in [-0.2, 0) is 10.8 Å². The molecule has 0 saturated carbocycles. The van der Waals surface area contributed by atoms with E-state index in [9.17, 15) is 0 Å². The summed E-state index contributed by atoms with van der Waals surface area (Å²) in [6.45, 7) is 2.44. The number of hydrogen-bond donors (Lipinski definition) is 0. The maximum atomic E-state index is 2.53. The van der Waals surface area contributed by atoms with E-state index < -0.39 is 5.41 Å². The minimum absolute atomic E-state index is 0.329. The molecule has 1 unspecified atom stereocenters. The van der Waals surface area contributed by atoms with Crippen LogP contribution < -0.4 is 4.90 Å². The van der Waals surface area contributed by atoms with Crippen LogP contribution in [0.5, 0.6) is 0 Å². The van der Waals surface area contributed by atoms with E-state index in [0.717, 1.165) is 29.2 Å². The molecule has 0 fully saturated rings. The highest BCUT2D eigenvalue weighted by molar-refractivity contribution is 6.09. The predicted molar refractivity (Wildman–Crippen MR) is 293 cm³/mol. The van der Waals surface area contributed by atoms with Crippen LogP contribution in [0.1, 0.15) is 46.7 Å². The summed E-state index contributed by atoms with van der Waals surface area (Å²) in [5, 5.41) is 2.51. The van der Waals surface area contributed by atoms with Gasteiger partial charge in [0.05, 0.1) is 22.1 Å². The summed E-state index contributed by atoms with van der Waals surface area (Å²) < 4.78 is 2.41. The number of para-hydroxylation sites is 3. The van der Waals surface area contributed by atoms with Crippen LogP contribution in [0.2, 0.25) is 0 Å². The third-order valence-corrected chi connectivity index (χ3v) is 15.7. The van der Waals surface area contributed by atoms with Crippen molar-refractivity contribution in [1.82, 2.24) is 4.57 Å². The molecule has 0 aliphatic heterocycles. The lowest BCUT2D eigenvalue weighted by Crippen LogP contribution is -2.27. The summed E-state index contributed by atoms with van der Waals surface area (Å²) in [4.78, 5) is 2.53. The molecule has 0 bridgehead atoms. The lowest BCUT2D eigenvalue weighted by Gasteiger charge is -2.38. The highest BCUT2D eigenvalue weighted by atomic mass is 15.1. The fourth-order valence-corrected chi connectivity index (χ4v) is 12.7. The smallest absolute Gasteiger partial charge is 0.0726 e. The second-order valence-electron chi connectivity index (χ2n) is 19.3. The second-order valence-corrected chi connectivity index (χ2v) is 19.3. The number of benzene rings is 10. The summed E-state index contributed by atoms with van der Waals surface area (Å²) in [5.74, 6) is 0. The van der Waals surface area contributed by atoms with Crippen molar-refractivity contribution in [2.75, 3.05) is 4.90 Å². The Morgan fingerprint density at radius 1 is 0.400 bits per heavy atom. The number of hydrogen-bond acceptors (Lipinski definition) is 1. The van der Waals surface area contributed by atoms with Crippen molar-refractivity contribution in [2.24, 2.45) is 0 Å². The van der Waals surface area contributed by atoms with Crippen molar-refractivity contribution in [1.29, 1.82) is 0 Å². The number of allylic oxidation sites excluding steroid dienone is 4. The third-order valence-electron chi connectivity index (χ3n) is 15.7. The first-order valence-electron chi connectivity index (χ1n) is 24.6. The van der Waals surface area contributed by atoms with E-state index in [4.69, 9.17) is 0 Å². The van der Waals surface area contributed by atoms with Gasteiger partial charge in [-0.3, -0.25) is 0 Å². The van der Waals surface area contributed by atoms with Gasteiger partial charge in [-0.05, 0) is 128 Å². The number of nitrogens with zero attached hydrogens (tertiary/aromatic N) is 2. The van der Waals surface area contributed by atoms with Crippen molar-refractivity contribution in [3.8, 4) is 39.1 Å². The predicted octanol–water partition coefficient (Wildman–Crippen LogP) is 17.6. The molecule has 1 heterocycles. The lowest BCUT2D eigenvalue weighted by atomic mass is 9.67. The average molecular weight is 893 g/mol. The van der Waals surface area contributed by atoms with E-state index in [0.29, 0.717) is 0 Å². The SMILES string of the molecule is CC1(c2ccccc2-c2ccccc2)CC=CC=C1c1ccccc1N(c1ccc(-n2c3ccccc3c3ccccc32)cc1)c1ccc2c(c1)C1(c3ccccc3-c3ccccc31)c1ccccc1-2. The van der Waals surface area contributed by atoms with Gasteiger partial charge in [0.1, 0.15) is 0 Å². The first kappa shape index (κ1) is 40.4. The molecule has 14 rings (SSSR count). The third kappa shape index (κ3) is 5.74. The van der Waals surface area contributed by atoms with E-state index in [1.165, 1.54) is 94.1 Å². The molecule has 1 spiro atoms. The highest BCUT2D eigenvalue weighted by Crippen LogP contribution is 2.63. The summed E-state index contributed by atoms with van der Waals surface area (Å²) in [6, 6.07) is 90.3. The minimum Gasteiger partial charge on any atom is -0.310 e. The van der Waals surface area contributed by atoms with Crippen molar-refractivity contribution in [2.45, 2.75) is 24.2 Å². The van der Waals surface area contributed by atoms with Gasteiger partial charge in [0.25, 0.3) is 0 Å². The normalized spacial score (nSPS) is 15.9. The molecule has 1 aromatic heterocycles. The Hall–Kier alpha value is -8.72. The van der Waals surface area contributed by atoms with Gasteiger partial charge in [0, 0.05) is 38.8 Å². The first-order valence-corrected chi connectivity index (χ1v) is 24.6. The molecule has 11 aromatic rings. The van der Waals surface area contributed by atoms with E-state index in [1.54, 1.807) is 0 Å². The average Bonchev–Trinajstić information content (AvgIpc) is 4.04. The standard InChI is InChI=1S/C68H48N2/c1-67(58-30-12-5-23-50(58)46-21-3-2-4-22-46)44-20-19-31-59(67)57-29-11-18-37-66(57)69(47-38-40-48(41-39-47)70-64-35-16-9-27-55(64)56-28-10-17-36-65(56)70)49-42-43-54-53-26-8-15-34-62(53)68(63(54)45-49)60-32-13-6-24-51(60)52-25-7-14-33-61(52)68/h2-43,45H,44H2,1H3.